The summed E-state index contributed by atoms with van der Waals surface area (Å²) < 4.78 is 0. The van der Waals surface area contributed by atoms with Crippen LogP contribution in [0.2, 0.25) is 10.0 Å². The lowest BCUT2D eigenvalue weighted by Crippen LogP contribution is -2.31. The van der Waals surface area contributed by atoms with Crippen molar-refractivity contribution >= 4 is 52.3 Å². The number of carbonyl (C=O) groups is 3. The van der Waals surface area contributed by atoms with Crippen molar-refractivity contribution in [3.63, 3.8) is 0 Å². The van der Waals surface area contributed by atoms with Crippen LogP contribution in [0, 0.1) is 11.8 Å². The van der Waals surface area contributed by atoms with Gasteiger partial charge in [-0.15, -0.1) is 0 Å². The minimum absolute atomic E-state index is 0.206. The number of imide groups is 1. The number of benzene rings is 2. The number of hydrogen-bond acceptors (Lipinski definition) is 3. The largest absolute Gasteiger partial charge is 0.321 e. The Kier molecular flexibility index (Phi) is 5.19. The normalized spacial score (nSPS) is 21.1. The molecule has 0 saturated carbocycles. The third-order valence-corrected chi connectivity index (χ3v) is 6.21. The average Bonchev–Trinajstić information content (AvgIpc) is 2.95. The van der Waals surface area contributed by atoms with Crippen LogP contribution in [-0.4, -0.2) is 17.7 Å². The Morgan fingerprint density at radius 3 is 2.59 bits per heavy atom. The molecule has 3 amide bonds. The molecule has 0 spiro atoms. The van der Waals surface area contributed by atoms with Crippen LogP contribution in [0.1, 0.15) is 30.1 Å². The number of carbonyl (C=O) groups excluding carboxylic acids is 3. The highest BCUT2D eigenvalue weighted by Gasteiger charge is 2.48. The fourth-order valence-corrected chi connectivity index (χ4v) is 4.22. The van der Waals surface area contributed by atoms with Crippen molar-refractivity contribution in [2.75, 3.05) is 10.2 Å². The number of halogens is 2. The maximum atomic E-state index is 12.9. The fraction of sp³-hybridized carbons (Fsp3) is 0.227. The summed E-state index contributed by atoms with van der Waals surface area (Å²) >= 11 is 12.1. The van der Waals surface area contributed by atoms with Crippen molar-refractivity contribution < 1.29 is 14.4 Å². The number of rotatable bonds is 3. The number of nitrogens with zero attached hydrogens (tertiary/aromatic N) is 1. The Labute approximate surface area is 178 Å². The van der Waals surface area contributed by atoms with Crippen molar-refractivity contribution in [3.05, 3.63) is 69.7 Å². The van der Waals surface area contributed by atoms with Gasteiger partial charge in [0.15, 0.2) is 0 Å². The lowest BCUT2D eigenvalue weighted by molar-refractivity contribution is -0.122. The Balaban J connectivity index is 1.59. The summed E-state index contributed by atoms with van der Waals surface area (Å²) in [5.74, 6) is -1.48. The first-order valence-corrected chi connectivity index (χ1v) is 10.0. The molecule has 5 nitrogen and oxygen atoms in total. The molecule has 1 fully saturated rings. The van der Waals surface area contributed by atoms with Gasteiger partial charge < -0.3 is 5.32 Å². The maximum Gasteiger partial charge on any atom is 0.255 e. The van der Waals surface area contributed by atoms with Crippen LogP contribution in [0.4, 0.5) is 11.4 Å². The van der Waals surface area contributed by atoms with Gasteiger partial charge in [0, 0.05) is 5.56 Å². The van der Waals surface area contributed by atoms with Crippen molar-refractivity contribution in [1.82, 2.24) is 0 Å². The van der Waals surface area contributed by atoms with E-state index < -0.39 is 5.91 Å². The number of fused-ring (bicyclic) bond motifs is 1. The highest BCUT2D eigenvalue weighted by atomic mass is 35.5. The Bertz CT molecular complexity index is 1060. The first kappa shape index (κ1) is 19.7. The predicted molar refractivity (Wildman–Crippen MR) is 113 cm³/mol. The van der Waals surface area contributed by atoms with Gasteiger partial charge in [0.2, 0.25) is 11.8 Å². The number of amides is 3. The van der Waals surface area contributed by atoms with Crippen molar-refractivity contribution in [2.45, 2.75) is 19.8 Å². The summed E-state index contributed by atoms with van der Waals surface area (Å²) in [5, 5.41) is 3.29. The highest BCUT2D eigenvalue weighted by molar-refractivity contribution is 6.44. The van der Waals surface area contributed by atoms with E-state index in [1.54, 1.807) is 42.5 Å². The highest BCUT2D eigenvalue weighted by Crippen LogP contribution is 2.40. The minimum atomic E-state index is -0.412. The van der Waals surface area contributed by atoms with E-state index in [1.807, 2.05) is 13.0 Å². The summed E-state index contributed by atoms with van der Waals surface area (Å²) in [6.45, 7) is 1.97. The van der Waals surface area contributed by atoms with Gasteiger partial charge in [-0.1, -0.05) is 47.0 Å². The summed E-state index contributed by atoms with van der Waals surface area (Å²) in [6.07, 6.45) is 3.19. The minimum Gasteiger partial charge on any atom is -0.321 e. The molecule has 2 aliphatic rings. The third-order valence-electron chi connectivity index (χ3n) is 5.39. The molecule has 148 valence electrons. The first-order valence-electron chi connectivity index (χ1n) is 9.25. The molecule has 0 aromatic heterocycles. The summed E-state index contributed by atoms with van der Waals surface area (Å²) in [7, 11) is 0. The number of hydrogen-bond donors (Lipinski definition) is 1. The van der Waals surface area contributed by atoms with Gasteiger partial charge in [0.1, 0.15) is 0 Å². The number of nitrogens with one attached hydrogen (secondary N) is 1. The van der Waals surface area contributed by atoms with Crippen LogP contribution < -0.4 is 10.2 Å². The van der Waals surface area contributed by atoms with Crippen LogP contribution in [0.3, 0.4) is 0 Å². The molecule has 2 atom stereocenters. The number of anilines is 2. The molecule has 1 aliphatic heterocycles. The maximum absolute atomic E-state index is 12.9. The Morgan fingerprint density at radius 2 is 1.79 bits per heavy atom. The second-order valence-electron chi connectivity index (χ2n) is 7.32. The van der Waals surface area contributed by atoms with E-state index in [4.69, 9.17) is 23.2 Å². The fourth-order valence-electron chi connectivity index (χ4n) is 3.87. The average molecular weight is 429 g/mol. The smallest absolute Gasteiger partial charge is 0.255 e. The molecular weight excluding hydrogens is 411 g/mol. The SMILES string of the molecule is CC1=CC[C@@H]2C(=O)N(c3cccc(C(=O)Nc4cccc(Cl)c4Cl)c3)C(=O)[C@@H]2C1. The molecule has 1 N–H and O–H groups in total. The molecule has 1 aliphatic carbocycles. The predicted octanol–water partition coefficient (Wildman–Crippen LogP) is 5.09. The standard InChI is InChI=1S/C22H18Cl2N2O3/c1-12-8-9-15-16(10-12)22(29)26(21(15)28)14-5-2-4-13(11-14)20(27)25-18-7-3-6-17(23)19(18)24/h2-8,11,15-16H,9-10H2,1H3,(H,25,27)/t15-,16+/m0/s1. The van der Waals surface area contributed by atoms with Crippen LogP contribution in [-0.2, 0) is 9.59 Å². The van der Waals surface area contributed by atoms with Gasteiger partial charge in [-0.05, 0) is 50.1 Å². The zero-order valence-electron chi connectivity index (χ0n) is 15.6. The van der Waals surface area contributed by atoms with Crippen LogP contribution >= 0.6 is 23.2 Å². The van der Waals surface area contributed by atoms with Gasteiger partial charge in [0.25, 0.3) is 5.91 Å². The lowest BCUT2D eigenvalue weighted by atomic mass is 9.82. The monoisotopic (exact) mass is 428 g/mol. The Morgan fingerprint density at radius 1 is 1.07 bits per heavy atom. The summed E-state index contributed by atoms with van der Waals surface area (Å²) in [4.78, 5) is 39.7. The second kappa shape index (κ2) is 7.65. The second-order valence-corrected chi connectivity index (χ2v) is 8.11. The van der Waals surface area contributed by atoms with E-state index in [1.165, 1.54) is 4.90 Å². The van der Waals surface area contributed by atoms with Crippen molar-refractivity contribution in [1.29, 1.82) is 0 Å². The van der Waals surface area contributed by atoms with E-state index in [9.17, 15) is 14.4 Å². The van der Waals surface area contributed by atoms with Crippen LogP contribution in [0.15, 0.2) is 54.1 Å². The van der Waals surface area contributed by atoms with Crippen molar-refractivity contribution in [2.24, 2.45) is 11.8 Å². The summed E-state index contributed by atoms with van der Waals surface area (Å²) in [6, 6.07) is 11.4. The molecule has 7 heteroatoms. The molecule has 0 bridgehead atoms. The molecule has 0 radical (unpaired) electrons. The first-order chi connectivity index (χ1) is 13.9. The molecule has 1 saturated heterocycles. The molecule has 1 heterocycles. The van der Waals surface area contributed by atoms with E-state index in [-0.39, 0.29) is 28.7 Å². The van der Waals surface area contributed by atoms with Crippen LogP contribution in [0.5, 0.6) is 0 Å². The van der Waals surface area contributed by atoms with Gasteiger partial charge >= 0.3 is 0 Å². The van der Waals surface area contributed by atoms with Gasteiger partial charge in [0.05, 0.1) is 33.3 Å². The quantitative estimate of drug-likeness (QED) is 0.546. The van der Waals surface area contributed by atoms with E-state index >= 15 is 0 Å². The van der Waals surface area contributed by atoms with Crippen LogP contribution in [0.25, 0.3) is 0 Å². The molecule has 2 aromatic rings. The van der Waals surface area contributed by atoms with Crippen molar-refractivity contribution in [3.8, 4) is 0 Å². The van der Waals surface area contributed by atoms with E-state index in [0.29, 0.717) is 34.8 Å². The molecule has 2 aromatic carbocycles. The van der Waals surface area contributed by atoms with E-state index in [0.717, 1.165) is 5.57 Å². The van der Waals surface area contributed by atoms with Gasteiger partial charge in [-0.3, -0.25) is 19.3 Å². The molecule has 29 heavy (non-hydrogen) atoms. The zero-order valence-corrected chi connectivity index (χ0v) is 17.1. The lowest BCUT2D eigenvalue weighted by Gasteiger charge is -2.18. The third kappa shape index (κ3) is 3.56. The summed E-state index contributed by atoms with van der Waals surface area (Å²) in [5.41, 5.74) is 2.22. The van der Waals surface area contributed by atoms with Gasteiger partial charge in [-0.25, -0.2) is 0 Å². The molecule has 0 unspecified atom stereocenters. The van der Waals surface area contributed by atoms with Gasteiger partial charge in [-0.2, -0.15) is 0 Å². The molecule has 4 rings (SSSR count). The number of allylic oxidation sites excluding steroid dienone is 2. The zero-order chi connectivity index (χ0) is 20.7. The molecular formula is C22H18Cl2N2O3. The Hall–Kier alpha value is -2.63. The van der Waals surface area contributed by atoms with E-state index in [2.05, 4.69) is 5.32 Å². The topological polar surface area (TPSA) is 66.5 Å².